The third-order valence-corrected chi connectivity index (χ3v) is 4.55. The Balaban J connectivity index is 1.69. The maximum atomic E-state index is 12.6. The first-order chi connectivity index (χ1) is 11.5. The lowest BCUT2D eigenvalue weighted by molar-refractivity contribution is -0.138. The molecule has 3 nitrogen and oxygen atoms in total. The van der Waals surface area contributed by atoms with Crippen molar-refractivity contribution < 1.29 is 9.53 Å². The van der Waals surface area contributed by atoms with Crippen molar-refractivity contribution in [2.24, 2.45) is 0 Å². The number of nitrogens with zero attached hydrogens (tertiary/aromatic N) is 1. The van der Waals surface area contributed by atoms with E-state index in [1.807, 2.05) is 48.2 Å². The van der Waals surface area contributed by atoms with Gasteiger partial charge in [0.15, 0.2) is 0 Å². The Bertz CT molecular complexity index is 728. The van der Waals surface area contributed by atoms with Gasteiger partial charge in [-0.15, -0.1) is 0 Å². The number of morpholine rings is 1. The molecular weight excluding hydrogens is 345 g/mol. The minimum atomic E-state index is -0.198. The summed E-state index contributed by atoms with van der Waals surface area (Å²) in [5.41, 5.74) is 3.10. The van der Waals surface area contributed by atoms with Crippen molar-refractivity contribution in [1.29, 1.82) is 0 Å². The normalized spacial score (nSPS) is 17.8. The molecule has 1 unspecified atom stereocenters. The fourth-order valence-corrected chi connectivity index (χ4v) is 3.49. The lowest BCUT2D eigenvalue weighted by Gasteiger charge is -2.33. The zero-order chi connectivity index (χ0) is 17.1. The monoisotopic (exact) mass is 363 g/mol. The molecule has 24 heavy (non-hydrogen) atoms. The largest absolute Gasteiger partial charge is 0.370 e. The molecule has 2 aromatic rings. The van der Waals surface area contributed by atoms with Crippen molar-refractivity contribution >= 4 is 29.1 Å². The van der Waals surface area contributed by atoms with Crippen LogP contribution in [-0.2, 0) is 16.0 Å². The zero-order valence-electron chi connectivity index (χ0n) is 13.5. The number of carbonyl (C=O) groups is 1. The van der Waals surface area contributed by atoms with Crippen LogP contribution in [0.1, 0.15) is 22.8 Å². The molecule has 0 bridgehead atoms. The first-order valence-corrected chi connectivity index (χ1v) is 8.68. The van der Waals surface area contributed by atoms with E-state index in [1.165, 1.54) is 0 Å². The smallest absolute Gasteiger partial charge is 0.227 e. The Morgan fingerprint density at radius 2 is 1.96 bits per heavy atom. The minimum Gasteiger partial charge on any atom is -0.370 e. The second-order valence-electron chi connectivity index (χ2n) is 6.07. The summed E-state index contributed by atoms with van der Waals surface area (Å²) >= 11 is 12.1. The number of hydrogen-bond acceptors (Lipinski definition) is 2. The molecule has 0 spiro atoms. The highest BCUT2D eigenvalue weighted by atomic mass is 35.5. The highest BCUT2D eigenvalue weighted by Crippen LogP contribution is 2.28. The molecule has 2 aromatic carbocycles. The maximum Gasteiger partial charge on any atom is 0.227 e. The lowest BCUT2D eigenvalue weighted by Crippen LogP contribution is -2.43. The van der Waals surface area contributed by atoms with Crippen LogP contribution in [-0.4, -0.2) is 30.5 Å². The first kappa shape index (κ1) is 17.3. The minimum absolute atomic E-state index is 0.113. The van der Waals surface area contributed by atoms with Crippen LogP contribution in [0.3, 0.4) is 0 Å². The van der Waals surface area contributed by atoms with Gasteiger partial charge in [-0.25, -0.2) is 0 Å². The summed E-state index contributed by atoms with van der Waals surface area (Å²) in [4.78, 5) is 14.5. The fourth-order valence-electron chi connectivity index (χ4n) is 2.95. The van der Waals surface area contributed by atoms with E-state index in [0.29, 0.717) is 36.2 Å². The van der Waals surface area contributed by atoms with Crippen molar-refractivity contribution in [3.63, 3.8) is 0 Å². The van der Waals surface area contributed by atoms with Crippen molar-refractivity contribution in [2.75, 3.05) is 19.7 Å². The van der Waals surface area contributed by atoms with Gasteiger partial charge in [0.25, 0.3) is 0 Å². The second-order valence-corrected chi connectivity index (χ2v) is 6.94. The highest BCUT2D eigenvalue weighted by Gasteiger charge is 2.25. The molecule has 5 heteroatoms. The summed E-state index contributed by atoms with van der Waals surface area (Å²) in [5, 5.41) is 1.15. The summed E-state index contributed by atoms with van der Waals surface area (Å²) in [5.74, 6) is 0.113. The van der Waals surface area contributed by atoms with E-state index < -0.39 is 0 Å². The van der Waals surface area contributed by atoms with Crippen LogP contribution in [0.5, 0.6) is 0 Å². The number of benzene rings is 2. The van der Waals surface area contributed by atoms with E-state index >= 15 is 0 Å². The summed E-state index contributed by atoms with van der Waals surface area (Å²) in [6, 6.07) is 13.4. The van der Waals surface area contributed by atoms with Gasteiger partial charge in [-0.2, -0.15) is 0 Å². The molecule has 1 aliphatic heterocycles. The quantitative estimate of drug-likeness (QED) is 0.806. The van der Waals surface area contributed by atoms with Gasteiger partial charge in [-0.1, -0.05) is 53.0 Å². The third-order valence-electron chi connectivity index (χ3n) is 4.11. The Hall–Kier alpha value is -1.55. The van der Waals surface area contributed by atoms with Gasteiger partial charge < -0.3 is 9.64 Å². The molecular formula is C19H19Cl2NO2. The van der Waals surface area contributed by atoms with E-state index in [9.17, 15) is 4.79 Å². The number of hydrogen-bond donors (Lipinski definition) is 0. The van der Waals surface area contributed by atoms with Gasteiger partial charge >= 0.3 is 0 Å². The average molecular weight is 364 g/mol. The van der Waals surface area contributed by atoms with Gasteiger partial charge in [0.1, 0.15) is 6.10 Å². The van der Waals surface area contributed by atoms with Crippen molar-refractivity contribution in [1.82, 2.24) is 4.90 Å². The molecule has 1 atom stereocenters. The third kappa shape index (κ3) is 4.29. The van der Waals surface area contributed by atoms with Crippen LogP contribution in [0.2, 0.25) is 10.0 Å². The summed E-state index contributed by atoms with van der Waals surface area (Å²) in [7, 11) is 0. The predicted octanol–water partition coefficient (Wildman–Crippen LogP) is 4.44. The number of amides is 1. The van der Waals surface area contributed by atoms with Crippen LogP contribution in [0.4, 0.5) is 0 Å². The SMILES string of the molecule is Cc1cccc(CC(=O)N2CCOC(c3cc(Cl)cc(Cl)c3)C2)c1. The molecule has 1 saturated heterocycles. The first-order valence-electron chi connectivity index (χ1n) is 7.92. The molecule has 0 aromatic heterocycles. The van der Waals surface area contributed by atoms with E-state index in [1.54, 1.807) is 6.07 Å². The zero-order valence-corrected chi connectivity index (χ0v) is 15.0. The molecule has 0 N–H and O–H groups in total. The topological polar surface area (TPSA) is 29.5 Å². The van der Waals surface area contributed by atoms with Crippen LogP contribution in [0, 0.1) is 6.92 Å². The fraction of sp³-hybridized carbons (Fsp3) is 0.316. The molecule has 1 heterocycles. The number of aryl methyl sites for hydroxylation is 1. The number of carbonyl (C=O) groups excluding carboxylic acids is 1. The van der Waals surface area contributed by atoms with Crippen LogP contribution in [0.15, 0.2) is 42.5 Å². The number of rotatable bonds is 3. The molecule has 126 valence electrons. The second kappa shape index (κ2) is 7.56. The van der Waals surface area contributed by atoms with Gasteiger partial charge in [0.05, 0.1) is 19.6 Å². The molecule has 1 aliphatic rings. The predicted molar refractivity (Wildman–Crippen MR) is 96.6 cm³/mol. The molecule has 0 radical (unpaired) electrons. The number of halogens is 2. The van der Waals surface area contributed by atoms with E-state index in [4.69, 9.17) is 27.9 Å². The van der Waals surface area contributed by atoms with Crippen LogP contribution < -0.4 is 0 Å². The molecule has 1 amide bonds. The van der Waals surface area contributed by atoms with Crippen LogP contribution >= 0.6 is 23.2 Å². The molecule has 1 fully saturated rings. The van der Waals surface area contributed by atoms with Crippen molar-refractivity contribution in [2.45, 2.75) is 19.4 Å². The standard InChI is InChI=1S/C19H19Cl2NO2/c1-13-3-2-4-14(7-13)8-19(23)22-5-6-24-18(12-22)15-9-16(20)11-17(21)10-15/h2-4,7,9-11,18H,5-6,8,12H2,1H3. The number of ether oxygens (including phenoxy) is 1. The molecule has 3 rings (SSSR count). The Kier molecular flexibility index (Phi) is 5.44. The molecule has 0 aliphatic carbocycles. The van der Waals surface area contributed by atoms with Gasteiger partial charge in [-0.3, -0.25) is 4.79 Å². The van der Waals surface area contributed by atoms with Gasteiger partial charge in [0, 0.05) is 16.6 Å². The summed E-state index contributed by atoms with van der Waals surface area (Å²) in [6.07, 6.45) is 0.210. The van der Waals surface area contributed by atoms with Gasteiger partial charge in [0.2, 0.25) is 5.91 Å². The Labute approximate surface area is 152 Å². The van der Waals surface area contributed by atoms with Gasteiger partial charge in [-0.05, 0) is 36.2 Å². The van der Waals surface area contributed by atoms with Crippen molar-refractivity contribution in [3.8, 4) is 0 Å². The Morgan fingerprint density at radius 1 is 1.21 bits per heavy atom. The van der Waals surface area contributed by atoms with Crippen LogP contribution in [0.25, 0.3) is 0 Å². The van der Waals surface area contributed by atoms with E-state index in [0.717, 1.165) is 16.7 Å². The summed E-state index contributed by atoms with van der Waals surface area (Å²) < 4.78 is 5.81. The average Bonchev–Trinajstić information content (AvgIpc) is 2.54. The summed E-state index contributed by atoms with van der Waals surface area (Å²) in [6.45, 7) is 3.66. The van der Waals surface area contributed by atoms with Crippen molar-refractivity contribution in [3.05, 3.63) is 69.2 Å². The molecule has 0 saturated carbocycles. The van der Waals surface area contributed by atoms with E-state index in [2.05, 4.69) is 0 Å². The lowest BCUT2D eigenvalue weighted by atomic mass is 10.1. The van der Waals surface area contributed by atoms with E-state index in [-0.39, 0.29) is 12.0 Å². The maximum absolute atomic E-state index is 12.6. The highest BCUT2D eigenvalue weighted by molar-refractivity contribution is 6.34. The Morgan fingerprint density at radius 3 is 2.67 bits per heavy atom.